The highest BCUT2D eigenvalue weighted by molar-refractivity contribution is 5.49. The van der Waals surface area contributed by atoms with Gasteiger partial charge in [-0.05, 0) is 38.8 Å². The van der Waals surface area contributed by atoms with E-state index < -0.39 is 0 Å². The van der Waals surface area contributed by atoms with Gasteiger partial charge in [0.1, 0.15) is 12.1 Å². The van der Waals surface area contributed by atoms with Crippen LogP contribution in [0.5, 0.6) is 0 Å². The number of hydrogen-bond acceptors (Lipinski definition) is 2. The van der Waals surface area contributed by atoms with Crippen molar-refractivity contribution < 1.29 is 0 Å². The molecule has 0 saturated heterocycles. The molecular formula is C15H16N4. The zero-order valence-corrected chi connectivity index (χ0v) is 11.6. The summed E-state index contributed by atoms with van der Waals surface area (Å²) in [5.41, 5.74) is 7.28. The molecule has 0 atom stereocenters. The zero-order valence-electron chi connectivity index (χ0n) is 11.6. The van der Waals surface area contributed by atoms with Crippen molar-refractivity contribution in [2.45, 2.75) is 34.1 Å². The summed E-state index contributed by atoms with van der Waals surface area (Å²) in [7, 11) is 0. The summed E-state index contributed by atoms with van der Waals surface area (Å²) < 4.78 is 0. The van der Waals surface area contributed by atoms with E-state index in [9.17, 15) is 0 Å². The summed E-state index contributed by atoms with van der Waals surface area (Å²) in [6.45, 7) is 7.71. The molecule has 4 nitrogen and oxygen atoms in total. The Morgan fingerprint density at radius 1 is 0.789 bits per heavy atom. The Labute approximate surface area is 112 Å². The van der Waals surface area contributed by atoms with Crippen molar-refractivity contribution in [3.8, 4) is 12.1 Å². The molecule has 2 aromatic heterocycles. The number of H-pyrrole nitrogens is 2. The molecule has 0 bridgehead atoms. The van der Waals surface area contributed by atoms with Crippen molar-refractivity contribution in [1.82, 2.24) is 9.97 Å². The normalized spacial score (nSPS) is 10.2. The SMILES string of the molecule is Cc1[nH]c(Cc2[nH]c(C)c(C#N)c2C)c(C)c1C#N. The average Bonchev–Trinajstić information content (AvgIpc) is 2.78. The molecule has 0 fully saturated rings. The highest BCUT2D eigenvalue weighted by Gasteiger charge is 2.15. The van der Waals surface area contributed by atoms with E-state index in [1.54, 1.807) is 0 Å². The van der Waals surface area contributed by atoms with Crippen LogP contribution >= 0.6 is 0 Å². The summed E-state index contributed by atoms with van der Waals surface area (Å²) in [6, 6.07) is 4.44. The average molecular weight is 252 g/mol. The number of rotatable bonds is 2. The Balaban J connectivity index is 2.44. The molecule has 0 aromatic carbocycles. The van der Waals surface area contributed by atoms with Crippen molar-refractivity contribution in [3.63, 3.8) is 0 Å². The minimum Gasteiger partial charge on any atom is -0.361 e. The maximum absolute atomic E-state index is 9.10. The molecule has 0 aliphatic carbocycles. The number of aromatic amines is 2. The van der Waals surface area contributed by atoms with E-state index in [0.717, 1.165) is 45.0 Å². The van der Waals surface area contributed by atoms with Gasteiger partial charge < -0.3 is 9.97 Å². The van der Waals surface area contributed by atoms with E-state index in [4.69, 9.17) is 10.5 Å². The zero-order chi connectivity index (χ0) is 14.2. The largest absolute Gasteiger partial charge is 0.361 e. The predicted octanol–water partition coefficient (Wildman–Crippen LogP) is 2.91. The molecule has 0 unspecified atom stereocenters. The fraction of sp³-hybridized carbons (Fsp3) is 0.333. The maximum atomic E-state index is 9.10. The van der Waals surface area contributed by atoms with Crippen LogP contribution < -0.4 is 0 Å². The fourth-order valence-corrected chi connectivity index (χ4v) is 2.50. The molecule has 0 saturated carbocycles. The van der Waals surface area contributed by atoms with Gasteiger partial charge in [0.2, 0.25) is 0 Å². The van der Waals surface area contributed by atoms with Crippen molar-refractivity contribution >= 4 is 0 Å². The lowest BCUT2D eigenvalue weighted by Crippen LogP contribution is -1.94. The molecule has 96 valence electrons. The number of nitriles is 2. The summed E-state index contributed by atoms with van der Waals surface area (Å²) in [6.07, 6.45) is 0.683. The Morgan fingerprint density at radius 3 is 1.42 bits per heavy atom. The molecule has 0 spiro atoms. The minimum absolute atomic E-state index is 0.683. The van der Waals surface area contributed by atoms with Gasteiger partial charge in [0, 0.05) is 29.2 Å². The highest BCUT2D eigenvalue weighted by atomic mass is 14.8. The Bertz CT molecular complexity index is 655. The topological polar surface area (TPSA) is 79.2 Å². The molecule has 0 radical (unpaired) electrons. The first-order chi connectivity index (χ1) is 8.99. The smallest absolute Gasteiger partial charge is 0.101 e. The lowest BCUT2D eigenvalue weighted by atomic mass is 10.1. The van der Waals surface area contributed by atoms with E-state index in [1.807, 2.05) is 27.7 Å². The minimum atomic E-state index is 0.683. The second kappa shape index (κ2) is 4.66. The van der Waals surface area contributed by atoms with Crippen molar-refractivity contribution in [3.05, 3.63) is 45.0 Å². The molecule has 0 amide bonds. The van der Waals surface area contributed by atoms with Crippen LogP contribution in [0.2, 0.25) is 0 Å². The molecule has 19 heavy (non-hydrogen) atoms. The second-order valence-electron chi connectivity index (χ2n) is 4.86. The van der Waals surface area contributed by atoms with Gasteiger partial charge in [-0.2, -0.15) is 10.5 Å². The van der Waals surface area contributed by atoms with E-state index in [1.165, 1.54) is 0 Å². The first-order valence-corrected chi connectivity index (χ1v) is 6.15. The van der Waals surface area contributed by atoms with Crippen LogP contribution in [0.3, 0.4) is 0 Å². The van der Waals surface area contributed by atoms with Gasteiger partial charge in [0.25, 0.3) is 0 Å². The molecule has 0 aliphatic rings. The molecule has 4 heteroatoms. The molecule has 2 aromatic rings. The van der Waals surface area contributed by atoms with Gasteiger partial charge in [-0.1, -0.05) is 0 Å². The lowest BCUT2D eigenvalue weighted by molar-refractivity contribution is 1.00. The monoisotopic (exact) mass is 252 g/mol. The van der Waals surface area contributed by atoms with Crippen LogP contribution in [0.25, 0.3) is 0 Å². The third-order valence-corrected chi connectivity index (χ3v) is 3.66. The van der Waals surface area contributed by atoms with Gasteiger partial charge in [0.15, 0.2) is 0 Å². The molecule has 2 rings (SSSR count). The number of nitrogens with zero attached hydrogens (tertiary/aromatic N) is 2. The first kappa shape index (κ1) is 13.0. The lowest BCUT2D eigenvalue weighted by Gasteiger charge is -2.00. The Kier molecular flexibility index (Phi) is 3.19. The van der Waals surface area contributed by atoms with Crippen LogP contribution in [0.4, 0.5) is 0 Å². The van der Waals surface area contributed by atoms with Gasteiger partial charge in [-0.25, -0.2) is 0 Å². The third kappa shape index (κ3) is 2.02. The molecule has 2 heterocycles. The van der Waals surface area contributed by atoms with Crippen LogP contribution in [0.1, 0.15) is 45.0 Å². The molecule has 0 aliphatic heterocycles. The van der Waals surface area contributed by atoms with Crippen molar-refractivity contribution in [1.29, 1.82) is 10.5 Å². The summed E-state index contributed by atoms with van der Waals surface area (Å²) in [5.74, 6) is 0. The van der Waals surface area contributed by atoms with Crippen LogP contribution in [0, 0.1) is 50.4 Å². The quantitative estimate of drug-likeness (QED) is 0.861. The van der Waals surface area contributed by atoms with Crippen molar-refractivity contribution in [2.75, 3.05) is 0 Å². The Hall–Kier alpha value is -2.46. The highest BCUT2D eigenvalue weighted by Crippen LogP contribution is 2.23. The standard InChI is InChI=1S/C15H16N4/c1-8-12(6-16)10(3)18-14(8)5-15-9(2)13(7-17)11(4)19-15/h18-19H,5H2,1-4H3. The van der Waals surface area contributed by atoms with E-state index in [0.29, 0.717) is 6.42 Å². The van der Waals surface area contributed by atoms with E-state index >= 15 is 0 Å². The number of nitrogens with one attached hydrogen (secondary N) is 2. The van der Waals surface area contributed by atoms with Crippen LogP contribution in [0.15, 0.2) is 0 Å². The van der Waals surface area contributed by atoms with E-state index in [-0.39, 0.29) is 0 Å². The first-order valence-electron chi connectivity index (χ1n) is 6.15. The van der Waals surface area contributed by atoms with Gasteiger partial charge in [-0.3, -0.25) is 0 Å². The molecule has 2 N–H and O–H groups in total. The van der Waals surface area contributed by atoms with Crippen molar-refractivity contribution in [2.24, 2.45) is 0 Å². The van der Waals surface area contributed by atoms with Crippen LogP contribution in [-0.2, 0) is 6.42 Å². The summed E-state index contributed by atoms with van der Waals surface area (Å²) in [5, 5.41) is 18.2. The fourth-order valence-electron chi connectivity index (χ4n) is 2.50. The predicted molar refractivity (Wildman–Crippen MR) is 72.8 cm³/mol. The van der Waals surface area contributed by atoms with Gasteiger partial charge in [-0.15, -0.1) is 0 Å². The second-order valence-corrected chi connectivity index (χ2v) is 4.86. The summed E-state index contributed by atoms with van der Waals surface area (Å²) >= 11 is 0. The van der Waals surface area contributed by atoms with Gasteiger partial charge >= 0.3 is 0 Å². The summed E-state index contributed by atoms with van der Waals surface area (Å²) in [4.78, 5) is 6.52. The van der Waals surface area contributed by atoms with Gasteiger partial charge in [0.05, 0.1) is 11.1 Å². The maximum Gasteiger partial charge on any atom is 0.101 e. The number of aryl methyl sites for hydroxylation is 2. The van der Waals surface area contributed by atoms with E-state index in [2.05, 4.69) is 22.1 Å². The van der Waals surface area contributed by atoms with Crippen LogP contribution in [-0.4, -0.2) is 9.97 Å². The third-order valence-electron chi connectivity index (χ3n) is 3.66. The molecular weight excluding hydrogens is 236 g/mol. The Morgan fingerprint density at radius 2 is 1.16 bits per heavy atom. The number of hydrogen-bond donors (Lipinski definition) is 2. The number of aromatic nitrogens is 2.